The lowest BCUT2D eigenvalue weighted by atomic mass is 9.80. The molecule has 0 amide bonds. The summed E-state index contributed by atoms with van der Waals surface area (Å²) in [5, 5.41) is 11.4. The van der Waals surface area contributed by atoms with Crippen molar-refractivity contribution in [3.8, 4) is 0 Å². The van der Waals surface area contributed by atoms with Crippen molar-refractivity contribution in [2.24, 2.45) is 0 Å². The van der Waals surface area contributed by atoms with E-state index in [1.165, 1.54) is 24.8 Å². The summed E-state index contributed by atoms with van der Waals surface area (Å²) in [6, 6.07) is 11.1. The number of H-pyrrole nitrogens is 1. The van der Waals surface area contributed by atoms with Crippen molar-refractivity contribution in [1.29, 1.82) is 0 Å². The summed E-state index contributed by atoms with van der Waals surface area (Å²) in [6.45, 7) is 0. The van der Waals surface area contributed by atoms with E-state index in [-0.39, 0.29) is 5.95 Å². The second kappa shape index (κ2) is 5.87. The predicted octanol–water partition coefficient (Wildman–Crippen LogP) is 3.07. The molecule has 4 N–H and O–H groups in total. The molecular weight excluding hydrogens is 288 g/mol. The topological polar surface area (TPSA) is 92.5 Å². The van der Waals surface area contributed by atoms with Crippen LogP contribution in [0, 0.1) is 0 Å². The molecule has 1 aliphatic rings. The molecule has 4 rings (SSSR count). The molecule has 0 radical (unpaired) electrons. The van der Waals surface area contributed by atoms with Crippen LogP contribution >= 0.6 is 0 Å². The Morgan fingerprint density at radius 2 is 1.91 bits per heavy atom. The Hall–Kier alpha value is -2.63. The highest BCUT2D eigenvalue weighted by atomic mass is 15.2. The van der Waals surface area contributed by atoms with Crippen LogP contribution in [0.2, 0.25) is 0 Å². The van der Waals surface area contributed by atoms with Crippen LogP contribution < -0.4 is 11.1 Å². The van der Waals surface area contributed by atoms with Crippen molar-refractivity contribution in [2.45, 2.75) is 37.6 Å². The van der Waals surface area contributed by atoms with Gasteiger partial charge in [0.2, 0.25) is 5.95 Å². The van der Waals surface area contributed by atoms with E-state index in [1.54, 1.807) is 6.20 Å². The van der Waals surface area contributed by atoms with E-state index in [9.17, 15) is 0 Å². The van der Waals surface area contributed by atoms with Gasteiger partial charge in [-0.25, -0.2) is 0 Å². The van der Waals surface area contributed by atoms with Gasteiger partial charge in [-0.3, -0.25) is 5.10 Å². The van der Waals surface area contributed by atoms with E-state index in [4.69, 9.17) is 5.73 Å². The minimum absolute atomic E-state index is 0.260. The van der Waals surface area contributed by atoms with Gasteiger partial charge in [0.1, 0.15) is 5.82 Å². The molecule has 2 heterocycles. The molecular formula is C17H20N6. The fourth-order valence-corrected chi connectivity index (χ4v) is 3.54. The fourth-order valence-electron chi connectivity index (χ4n) is 3.54. The number of fused-ring (bicyclic) bond motifs is 1. The molecule has 0 aliphatic heterocycles. The number of nitrogens with one attached hydrogen (secondary N) is 2. The van der Waals surface area contributed by atoms with Crippen molar-refractivity contribution in [3.05, 3.63) is 42.1 Å². The molecule has 0 unspecified atom stereocenters. The minimum Gasteiger partial charge on any atom is -0.368 e. The molecule has 0 bridgehead atoms. The first-order valence-corrected chi connectivity index (χ1v) is 8.09. The molecule has 6 heteroatoms. The Morgan fingerprint density at radius 3 is 2.78 bits per heavy atom. The van der Waals surface area contributed by atoms with Crippen molar-refractivity contribution in [3.63, 3.8) is 0 Å². The van der Waals surface area contributed by atoms with Gasteiger partial charge in [-0.1, -0.05) is 43.2 Å². The molecule has 0 spiro atoms. The van der Waals surface area contributed by atoms with E-state index in [0.717, 1.165) is 17.6 Å². The summed E-state index contributed by atoms with van der Waals surface area (Å²) in [4.78, 5) is 8.57. The lowest BCUT2D eigenvalue weighted by Gasteiger charge is -2.33. The van der Waals surface area contributed by atoms with E-state index in [0.29, 0.717) is 17.6 Å². The lowest BCUT2D eigenvalue weighted by molar-refractivity contribution is 0.405. The number of nitrogens with zero attached hydrogens (tertiary/aromatic N) is 3. The van der Waals surface area contributed by atoms with Gasteiger partial charge in [0, 0.05) is 12.0 Å². The molecule has 1 saturated carbocycles. The van der Waals surface area contributed by atoms with E-state index < -0.39 is 0 Å². The SMILES string of the molecule is Nc1nc(N[C@H]2CCCC[C@@H]2c2ccccc2)c2cn[nH]c2n1. The molecule has 0 saturated heterocycles. The van der Waals surface area contributed by atoms with Crippen LogP contribution in [0.1, 0.15) is 37.2 Å². The summed E-state index contributed by atoms with van der Waals surface area (Å²) in [6.07, 6.45) is 6.57. The van der Waals surface area contributed by atoms with Gasteiger partial charge in [0.15, 0.2) is 5.65 Å². The first kappa shape index (κ1) is 14.0. The zero-order chi connectivity index (χ0) is 15.6. The summed E-state index contributed by atoms with van der Waals surface area (Å²) in [5.41, 5.74) is 7.88. The molecule has 2 atom stereocenters. The summed E-state index contributed by atoms with van der Waals surface area (Å²) >= 11 is 0. The maximum atomic E-state index is 5.82. The van der Waals surface area contributed by atoms with Gasteiger partial charge in [-0.15, -0.1) is 0 Å². The Labute approximate surface area is 134 Å². The quantitative estimate of drug-likeness (QED) is 0.691. The van der Waals surface area contributed by atoms with Gasteiger partial charge >= 0.3 is 0 Å². The van der Waals surface area contributed by atoms with Crippen molar-refractivity contribution >= 4 is 22.8 Å². The molecule has 2 aromatic heterocycles. The minimum atomic E-state index is 0.260. The van der Waals surface area contributed by atoms with Crippen LogP contribution in [-0.2, 0) is 0 Å². The average molecular weight is 308 g/mol. The van der Waals surface area contributed by atoms with Crippen LogP contribution in [0.15, 0.2) is 36.5 Å². The van der Waals surface area contributed by atoms with Crippen molar-refractivity contribution < 1.29 is 0 Å². The van der Waals surface area contributed by atoms with Gasteiger partial charge in [-0.2, -0.15) is 15.1 Å². The zero-order valence-corrected chi connectivity index (χ0v) is 12.9. The maximum Gasteiger partial charge on any atom is 0.224 e. The Balaban J connectivity index is 1.66. The van der Waals surface area contributed by atoms with Crippen molar-refractivity contribution in [1.82, 2.24) is 20.2 Å². The van der Waals surface area contributed by atoms with Crippen LogP contribution in [0.3, 0.4) is 0 Å². The number of hydrogen-bond donors (Lipinski definition) is 3. The molecule has 3 aromatic rings. The highest BCUT2D eigenvalue weighted by molar-refractivity contribution is 5.86. The number of aromatic amines is 1. The third-order valence-corrected chi connectivity index (χ3v) is 4.64. The highest BCUT2D eigenvalue weighted by Gasteiger charge is 2.27. The van der Waals surface area contributed by atoms with Crippen molar-refractivity contribution in [2.75, 3.05) is 11.1 Å². The number of rotatable bonds is 3. The van der Waals surface area contributed by atoms with Gasteiger partial charge in [-0.05, 0) is 18.4 Å². The lowest BCUT2D eigenvalue weighted by Crippen LogP contribution is -2.31. The normalized spacial score (nSPS) is 21.4. The third kappa shape index (κ3) is 2.72. The smallest absolute Gasteiger partial charge is 0.224 e. The number of aromatic nitrogens is 4. The number of hydrogen-bond acceptors (Lipinski definition) is 5. The molecule has 1 aliphatic carbocycles. The monoisotopic (exact) mass is 308 g/mol. The zero-order valence-electron chi connectivity index (χ0n) is 12.9. The van der Waals surface area contributed by atoms with E-state index >= 15 is 0 Å². The maximum absolute atomic E-state index is 5.82. The number of benzene rings is 1. The fraction of sp³-hybridized carbons (Fsp3) is 0.353. The van der Waals surface area contributed by atoms with Gasteiger partial charge in [0.25, 0.3) is 0 Å². The van der Waals surface area contributed by atoms with Gasteiger partial charge in [0.05, 0.1) is 11.6 Å². The van der Waals surface area contributed by atoms with Crippen LogP contribution in [0.25, 0.3) is 11.0 Å². The first-order chi connectivity index (χ1) is 11.3. The van der Waals surface area contributed by atoms with E-state index in [1.807, 2.05) is 0 Å². The van der Waals surface area contributed by atoms with Gasteiger partial charge < -0.3 is 11.1 Å². The van der Waals surface area contributed by atoms with Crippen LogP contribution in [0.5, 0.6) is 0 Å². The standard InChI is InChI=1S/C17H20N6/c18-17-21-15(13-10-19-23-16(13)22-17)20-14-9-5-4-8-12(14)11-6-2-1-3-7-11/h1-3,6-7,10,12,14H,4-5,8-9H2,(H4,18,19,20,21,22,23)/t12-,14+/m1/s1. The van der Waals surface area contributed by atoms with Crippen LogP contribution in [0.4, 0.5) is 11.8 Å². The molecule has 1 fully saturated rings. The predicted molar refractivity (Wildman–Crippen MR) is 91.2 cm³/mol. The third-order valence-electron chi connectivity index (χ3n) is 4.64. The van der Waals surface area contributed by atoms with E-state index in [2.05, 4.69) is 55.8 Å². The average Bonchev–Trinajstić information content (AvgIpc) is 3.04. The number of nitrogens with two attached hydrogens (primary N) is 1. The summed E-state index contributed by atoms with van der Waals surface area (Å²) < 4.78 is 0. The molecule has 6 nitrogen and oxygen atoms in total. The summed E-state index contributed by atoms with van der Waals surface area (Å²) in [7, 11) is 0. The number of nitrogen functional groups attached to an aromatic ring is 1. The Bertz CT molecular complexity index is 797. The Morgan fingerprint density at radius 1 is 1.09 bits per heavy atom. The first-order valence-electron chi connectivity index (χ1n) is 8.09. The largest absolute Gasteiger partial charge is 0.368 e. The Kier molecular flexibility index (Phi) is 3.57. The molecule has 1 aromatic carbocycles. The second-order valence-corrected chi connectivity index (χ2v) is 6.12. The van der Waals surface area contributed by atoms with Crippen LogP contribution in [-0.4, -0.2) is 26.2 Å². The molecule has 118 valence electrons. The second-order valence-electron chi connectivity index (χ2n) is 6.12. The summed E-state index contributed by atoms with van der Waals surface area (Å²) in [5.74, 6) is 1.52. The highest BCUT2D eigenvalue weighted by Crippen LogP contribution is 2.35. The number of anilines is 2. The molecule has 23 heavy (non-hydrogen) atoms.